The van der Waals surface area contributed by atoms with Crippen molar-refractivity contribution in [2.24, 2.45) is 10.8 Å². The lowest BCUT2D eigenvalue weighted by Gasteiger charge is -2.19. The summed E-state index contributed by atoms with van der Waals surface area (Å²) in [5, 5.41) is 9.25. The van der Waals surface area contributed by atoms with Gasteiger partial charge in [-0.25, -0.2) is 0 Å². The SMILES string of the molecule is Cc1cc(C)c(CCCCCCC(C)(C)C)c(CCCCCC(C)(C)C(=O)O)c1. The third-order valence-corrected chi connectivity index (χ3v) is 6.14. The third kappa shape index (κ3) is 10.3. The number of carbonyl (C=O) groups is 1. The number of hydrogen-bond acceptors (Lipinski definition) is 1. The molecule has 0 aliphatic heterocycles. The Bertz CT molecular complexity index is 635. The molecule has 2 nitrogen and oxygen atoms in total. The zero-order valence-corrected chi connectivity index (χ0v) is 20.3. The molecule has 0 fully saturated rings. The number of rotatable bonds is 13. The zero-order valence-electron chi connectivity index (χ0n) is 20.3. The van der Waals surface area contributed by atoms with Gasteiger partial charge >= 0.3 is 5.97 Å². The Hall–Kier alpha value is -1.31. The maximum absolute atomic E-state index is 11.2. The van der Waals surface area contributed by atoms with Crippen LogP contribution in [-0.2, 0) is 17.6 Å². The number of carboxylic acid groups (broad SMARTS) is 1. The van der Waals surface area contributed by atoms with Gasteiger partial charge in [0, 0.05) is 0 Å². The third-order valence-electron chi connectivity index (χ3n) is 6.14. The molecule has 0 radical (unpaired) electrons. The molecular weight excluding hydrogens is 356 g/mol. The summed E-state index contributed by atoms with van der Waals surface area (Å²) in [6.07, 6.45) is 12.9. The quantitative estimate of drug-likeness (QED) is 0.339. The van der Waals surface area contributed by atoms with Crippen molar-refractivity contribution < 1.29 is 9.90 Å². The van der Waals surface area contributed by atoms with Gasteiger partial charge in [0.15, 0.2) is 0 Å². The lowest BCUT2D eigenvalue weighted by molar-refractivity contribution is -0.147. The van der Waals surface area contributed by atoms with Crippen LogP contribution in [0.4, 0.5) is 0 Å². The van der Waals surface area contributed by atoms with Gasteiger partial charge in [0.1, 0.15) is 0 Å². The summed E-state index contributed by atoms with van der Waals surface area (Å²) >= 11 is 0. The van der Waals surface area contributed by atoms with Gasteiger partial charge in [-0.1, -0.05) is 70.6 Å². The summed E-state index contributed by atoms with van der Waals surface area (Å²) in [4.78, 5) is 11.2. The van der Waals surface area contributed by atoms with Crippen molar-refractivity contribution in [3.63, 3.8) is 0 Å². The summed E-state index contributed by atoms with van der Waals surface area (Å²) in [5.41, 5.74) is 5.76. The molecule has 1 aromatic carbocycles. The standard InChI is InChI=1S/C27H46O2/c1-21-19-22(2)24(16-12-8-9-13-17-26(3,4)5)23(20-21)15-11-10-14-18-27(6,7)25(28)29/h19-20H,8-18H2,1-7H3,(H,28,29). The molecule has 0 heterocycles. The second-order valence-corrected chi connectivity index (χ2v) is 10.9. The van der Waals surface area contributed by atoms with Gasteiger partial charge in [-0.05, 0) is 88.3 Å². The molecule has 0 saturated carbocycles. The fourth-order valence-electron chi connectivity index (χ4n) is 4.14. The van der Waals surface area contributed by atoms with Crippen LogP contribution in [0, 0.1) is 24.7 Å². The molecule has 0 aliphatic rings. The Balaban J connectivity index is 2.49. The Morgan fingerprint density at radius 3 is 1.97 bits per heavy atom. The molecule has 0 spiro atoms. The fourth-order valence-corrected chi connectivity index (χ4v) is 4.14. The topological polar surface area (TPSA) is 37.3 Å². The van der Waals surface area contributed by atoms with Crippen LogP contribution in [0.1, 0.15) is 115 Å². The number of aliphatic carboxylic acids is 1. The minimum atomic E-state index is -0.684. The normalized spacial score (nSPS) is 12.4. The largest absolute Gasteiger partial charge is 0.481 e. The van der Waals surface area contributed by atoms with Crippen molar-refractivity contribution in [1.82, 2.24) is 0 Å². The molecule has 1 N–H and O–H groups in total. The minimum absolute atomic E-state index is 0.459. The summed E-state index contributed by atoms with van der Waals surface area (Å²) < 4.78 is 0. The first-order valence-corrected chi connectivity index (χ1v) is 11.7. The van der Waals surface area contributed by atoms with Gasteiger partial charge in [0.2, 0.25) is 0 Å². The van der Waals surface area contributed by atoms with Gasteiger partial charge in [-0.3, -0.25) is 4.79 Å². The van der Waals surface area contributed by atoms with Crippen molar-refractivity contribution in [2.75, 3.05) is 0 Å². The highest BCUT2D eigenvalue weighted by atomic mass is 16.4. The maximum atomic E-state index is 11.2. The number of benzene rings is 1. The predicted molar refractivity (Wildman–Crippen MR) is 126 cm³/mol. The van der Waals surface area contributed by atoms with Crippen molar-refractivity contribution >= 4 is 5.97 Å². The first-order valence-electron chi connectivity index (χ1n) is 11.7. The minimum Gasteiger partial charge on any atom is -0.481 e. The summed E-state index contributed by atoms with van der Waals surface area (Å²) in [6.45, 7) is 15.1. The number of aryl methyl sites for hydroxylation is 3. The zero-order chi connectivity index (χ0) is 22.1. The highest BCUT2D eigenvalue weighted by Gasteiger charge is 2.25. The van der Waals surface area contributed by atoms with E-state index in [1.54, 1.807) is 5.56 Å². The van der Waals surface area contributed by atoms with E-state index < -0.39 is 11.4 Å². The second kappa shape index (κ2) is 11.8. The van der Waals surface area contributed by atoms with Crippen LogP contribution in [0.5, 0.6) is 0 Å². The molecule has 0 aromatic heterocycles. The second-order valence-electron chi connectivity index (χ2n) is 10.9. The van der Waals surface area contributed by atoms with E-state index in [4.69, 9.17) is 0 Å². The molecule has 0 aliphatic carbocycles. The van der Waals surface area contributed by atoms with Crippen molar-refractivity contribution in [3.05, 3.63) is 34.4 Å². The first-order chi connectivity index (χ1) is 13.4. The Morgan fingerprint density at radius 2 is 1.34 bits per heavy atom. The molecular formula is C27H46O2. The van der Waals surface area contributed by atoms with E-state index in [2.05, 4.69) is 46.8 Å². The van der Waals surface area contributed by atoms with Gasteiger partial charge in [0.05, 0.1) is 5.41 Å². The average molecular weight is 403 g/mol. The molecule has 29 heavy (non-hydrogen) atoms. The van der Waals surface area contributed by atoms with E-state index in [1.165, 1.54) is 55.2 Å². The van der Waals surface area contributed by atoms with Gasteiger partial charge in [-0.15, -0.1) is 0 Å². The monoisotopic (exact) mass is 402 g/mol. The Morgan fingerprint density at radius 1 is 0.793 bits per heavy atom. The number of hydrogen-bond donors (Lipinski definition) is 1. The van der Waals surface area contributed by atoms with Crippen LogP contribution in [0.25, 0.3) is 0 Å². The van der Waals surface area contributed by atoms with Crippen LogP contribution in [-0.4, -0.2) is 11.1 Å². The maximum Gasteiger partial charge on any atom is 0.309 e. The molecule has 1 rings (SSSR count). The van der Waals surface area contributed by atoms with E-state index in [-0.39, 0.29) is 0 Å². The van der Waals surface area contributed by atoms with E-state index in [0.717, 1.165) is 32.1 Å². The number of unbranched alkanes of at least 4 members (excludes halogenated alkanes) is 5. The van der Waals surface area contributed by atoms with Gasteiger partial charge in [0.25, 0.3) is 0 Å². The molecule has 0 atom stereocenters. The van der Waals surface area contributed by atoms with Crippen LogP contribution in [0.15, 0.2) is 12.1 Å². The summed E-state index contributed by atoms with van der Waals surface area (Å²) in [7, 11) is 0. The number of carboxylic acids is 1. The molecule has 0 saturated heterocycles. The molecule has 0 amide bonds. The lowest BCUT2D eigenvalue weighted by atomic mass is 9.86. The van der Waals surface area contributed by atoms with E-state index in [1.807, 2.05) is 13.8 Å². The van der Waals surface area contributed by atoms with Gasteiger partial charge in [-0.2, -0.15) is 0 Å². The highest BCUT2D eigenvalue weighted by Crippen LogP contribution is 2.26. The average Bonchev–Trinajstić information content (AvgIpc) is 2.58. The molecule has 0 unspecified atom stereocenters. The van der Waals surface area contributed by atoms with Crippen molar-refractivity contribution in [1.29, 1.82) is 0 Å². The first kappa shape index (κ1) is 25.7. The lowest BCUT2D eigenvalue weighted by Crippen LogP contribution is -2.23. The van der Waals surface area contributed by atoms with Crippen LogP contribution in [0.2, 0.25) is 0 Å². The summed E-state index contributed by atoms with van der Waals surface area (Å²) in [5.74, 6) is -0.684. The summed E-state index contributed by atoms with van der Waals surface area (Å²) in [6, 6.07) is 4.71. The molecule has 2 heteroatoms. The Kier molecular flexibility index (Phi) is 10.4. The van der Waals surface area contributed by atoms with Crippen molar-refractivity contribution in [2.45, 2.75) is 119 Å². The highest BCUT2D eigenvalue weighted by molar-refractivity contribution is 5.73. The van der Waals surface area contributed by atoms with E-state index in [0.29, 0.717) is 5.41 Å². The predicted octanol–water partition coefficient (Wildman–Crippen LogP) is 8.06. The van der Waals surface area contributed by atoms with Crippen LogP contribution < -0.4 is 0 Å². The molecule has 166 valence electrons. The van der Waals surface area contributed by atoms with Crippen molar-refractivity contribution in [3.8, 4) is 0 Å². The molecule has 1 aromatic rings. The smallest absolute Gasteiger partial charge is 0.309 e. The van der Waals surface area contributed by atoms with E-state index in [9.17, 15) is 9.90 Å². The van der Waals surface area contributed by atoms with Gasteiger partial charge < -0.3 is 5.11 Å². The molecule has 0 bridgehead atoms. The Labute approximate surface area is 180 Å². The fraction of sp³-hybridized carbons (Fsp3) is 0.741. The van der Waals surface area contributed by atoms with Crippen LogP contribution in [0.3, 0.4) is 0 Å². The van der Waals surface area contributed by atoms with Crippen LogP contribution >= 0.6 is 0 Å². The van der Waals surface area contributed by atoms with E-state index >= 15 is 0 Å².